The maximum Gasteiger partial charge on any atom is 0.288 e. The average Bonchev–Trinajstić information content (AvgIpc) is 2.39. The number of piperazine rings is 1. The number of rotatable bonds is 3. The summed E-state index contributed by atoms with van der Waals surface area (Å²) in [4.78, 5) is 14.6. The lowest BCUT2D eigenvalue weighted by atomic mass is 10.1. The van der Waals surface area contributed by atoms with Crippen LogP contribution in [0, 0.1) is 0 Å². The standard InChI is InChI=1S/C13H16F2N2OS/c1-9-8-16-6-7-17(9)12(18)10-2-4-11(5-3-10)19-13(14)15/h2-5,9,13,16H,6-8H2,1H3/t9-/m0/s1. The zero-order valence-corrected chi connectivity index (χ0v) is 11.4. The lowest BCUT2D eigenvalue weighted by Gasteiger charge is -2.34. The summed E-state index contributed by atoms with van der Waals surface area (Å²) >= 11 is 0.487. The smallest absolute Gasteiger partial charge is 0.288 e. The number of hydrogen-bond acceptors (Lipinski definition) is 3. The van der Waals surface area contributed by atoms with Crippen LogP contribution in [0.25, 0.3) is 0 Å². The molecular formula is C13H16F2N2OS. The van der Waals surface area contributed by atoms with Crippen molar-refractivity contribution in [2.75, 3.05) is 19.6 Å². The van der Waals surface area contributed by atoms with Crippen LogP contribution in [-0.2, 0) is 0 Å². The van der Waals surface area contributed by atoms with Gasteiger partial charge in [0.15, 0.2) is 0 Å². The van der Waals surface area contributed by atoms with Crippen LogP contribution >= 0.6 is 11.8 Å². The molecule has 1 aromatic carbocycles. The van der Waals surface area contributed by atoms with E-state index in [-0.39, 0.29) is 11.9 Å². The summed E-state index contributed by atoms with van der Waals surface area (Å²) in [6.45, 7) is 4.24. The van der Waals surface area contributed by atoms with Gasteiger partial charge in [0, 0.05) is 36.1 Å². The molecule has 6 heteroatoms. The number of hydrogen-bond donors (Lipinski definition) is 1. The van der Waals surface area contributed by atoms with Crippen LogP contribution in [0.5, 0.6) is 0 Å². The van der Waals surface area contributed by atoms with E-state index in [9.17, 15) is 13.6 Å². The number of amides is 1. The molecule has 0 aliphatic carbocycles. The second-order valence-electron chi connectivity index (χ2n) is 4.45. The van der Waals surface area contributed by atoms with Gasteiger partial charge in [-0.15, -0.1) is 0 Å². The molecule has 0 saturated carbocycles. The van der Waals surface area contributed by atoms with E-state index >= 15 is 0 Å². The average molecular weight is 286 g/mol. The monoisotopic (exact) mass is 286 g/mol. The number of alkyl halides is 2. The van der Waals surface area contributed by atoms with Gasteiger partial charge in [0.1, 0.15) is 0 Å². The lowest BCUT2D eigenvalue weighted by molar-refractivity contribution is 0.0655. The van der Waals surface area contributed by atoms with Gasteiger partial charge >= 0.3 is 0 Å². The number of nitrogens with zero attached hydrogens (tertiary/aromatic N) is 1. The maximum absolute atomic E-state index is 12.3. The van der Waals surface area contributed by atoms with Crippen LogP contribution in [0.1, 0.15) is 17.3 Å². The van der Waals surface area contributed by atoms with E-state index in [0.29, 0.717) is 28.8 Å². The first kappa shape index (κ1) is 14.3. The molecule has 1 aromatic rings. The number of nitrogens with one attached hydrogen (secondary N) is 1. The number of carbonyl (C=O) groups is 1. The number of carbonyl (C=O) groups excluding carboxylic acids is 1. The summed E-state index contributed by atoms with van der Waals surface area (Å²) < 4.78 is 24.4. The molecule has 0 radical (unpaired) electrons. The normalized spacial score (nSPS) is 19.8. The van der Waals surface area contributed by atoms with Crippen LogP contribution in [-0.4, -0.2) is 42.2 Å². The molecule has 19 heavy (non-hydrogen) atoms. The molecule has 1 N–H and O–H groups in total. The third kappa shape index (κ3) is 3.67. The summed E-state index contributed by atoms with van der Waals surface area (Å²) in [5.41, 5.74) is 0.548. The van der Waals surface area contributed by atoms with Gasteiger partial charge in [-0.25, -0.2) is 0 Å². The zero-order chi connectivity index (χ0) is 13.8. The molecule has 1 heterocycles. The van der Waals surface area contributed by atoms with Gasteiger partial charge in [0.25, 0.3) is 11.7 Å². The molecule has 2 rings (SSSR count). The lowest BCUT2D eigenvalue weighted by Crippen LogP contribution is -2.52. The first-order chi connectivity index (χ1) is 9.08. The number of halogens is 2. The van der Waals surface area contributed by atoms with Gasteiger partial charge in [-0.2, -0.15) is 8.78 Å². The van der Waals surface area contributed by atoms with Gasteiger partial charge in [0.05, 0.1) is 0 Å². The molecule has 1 fully saturated rings. The van der Waals surface area contributed by atoms with Gasteiger partial charge in [-0.1, -0.05) is 11.8 Å². The Morgan fingerprint density at radius 1 is 1.42 bits per heavy atom. The molecule has 104 valence electrons. The minimum Gasteiger partial charge on any atom is -0.333 e. The molecule has 1 aliphatic heterocycles. The third-order valence-corrected chi connectivity index (χ3v) is 3.81. The zero-order valence-electron chi connectivity index (χ0n) is 10.6. The maximum atomic E-state index is 12.3. The topological polar surface area (TPSA) is 32.3 Å². The van der Waals surface area contributed by atoms with Crippen molar-refractivity contribution in [1.82, 2.24) is 10.2 Å². The molecule has 0 bridgehead atoms. The van der Waals surface area contributed by atoms with Gasteiger partial charge < -0.3 is 10.2 Å². The predicted molar refractivity (Wildman–Crippen MR) is 71.7 cm³/mol. The number of thioether (sulfide) groups is 1. The van der Waals surface area contributed by atoms with Crippen molar-refractivity contribution in [2.24, 2.45) is 0 Å². The Bertz CT molecular complexity index is 439. The summed E-state index contributed by atoms with van der Waals surface area (Å²) in [5, 5.41) is 3.22. The van der Waals surface area contributed by atoms with Crippen molar-refractivity contribution in [3.63, 3.8) is 0 Å². The van der Waals surface area contributed by atoms with E-state index in [1.165, 1.54) is 0 Å². The highest BCUT2D eigenvalue weighted by Gasteiger charge is 2.23. The molecular weight excluding hydrogens is 270 g/mol. The summed E-state index contributed by atoms with van der Waals surface area (Å²) in [5.74, 6) is -2.47. The SMILES string of the molecule is C[C@H]1CNCCN1C(=O)c1ccc(SC(F)F)cc1. The van der Waals surface area contributed by atoms with Crippen LogP contribution < -0.4 is 5.32 Å². The fraction of sp³-hybridized carbons (Fsp3) is 0.462. The Kier molecular flexibility index (Phi) is 4.76. The highest BCUT2D eigenvalue weighted by Crippen LogP contribution is 2.25. The van der Waals surface area contributed by atoms with Gasteiger partial charge in [0.2, 0.25) is 0 Å². The Morgan fingerprint density at radius 2 is 2.11 bits per heavy atom. The first-order valence-corrected chi connectivity index (χ1v) is 7.02. The van der Waals surface area contributed by atoms with Crippen molar-refractivity contribution in [2.45, 2.75) is 23.6 Å². The van der Waals surface area contributed by atoms with Crippen molar-refractivity contribution >= 4 is 17.7 Å². The Balaban J connectivity index is 2.06. The largest absolute Gasteiger partial charge is 0.333 e. The fourth-order valence-corrected chi connectivity index (χ4v) is 2.59. The molecule has 1 amide bonds. The molecule has 0 unspecified atom stereocenters. The molecule has 1 atom stereocenters. The third-order valence-electron chi connectivity index (χ3n) is 3.09. The highest BCUT2D eigenvalue weighted by molar-refractivity contribution is 7.99. The van der Waals surface area contributed by atoms with Crippen LogP contribution in [0.2, 0.25) is 0 Å². The molecule has 0 spiro atoms. The Labute approximate surface area is 115 Å². The second kappa shape index (κ2) is 6.34. The molecule has 1 saturated heterocycles. The van der Waals surface area contributed by atoms with Crippen LogP contribution in [0.15, 0.2) is 29.2 Å². The fourth-order valence-electron chi connectivity index (χ4n) is 2.09. The van der Waals surface area contributed by atoms with Crippen molar-refractivity contribution < 1.29 is 13.6 Å². The predicted octanol–water partition coefficient (Wildman–Crippen LogP) is 2.44. The molecule has 0 aromatic heterocycles. The van der Waals surface area contributed by atoms with Crippen molar-refractivity contribution in [1.29, 1.82) is 0 Å². The van der Waals surface area contributed by atoms with Gasteiger partial charge in [-0.05, 0) is 31.2 Å². The quantitative estimate of drug-likeness (QED) is 0.866. The van der Waals surface area contributed by atoms with Crippen LogP contribution in [0.3, 0.4) is 0 Å². The molecule has 3 nitrogen and oxygen atoms in total. The highest BCUT2D eigenvalue weighted by atomic mass is 32.2. The van der Waals surface area contributed by atoms with E-state index in [4.69, 9.17) is 0 Å². The van der Waals surface area contributed by atoms with E-state index in [0.717, 1.165) is 13.1 Å². The Hall–Kier alpha value is -1.14. The van der Waals surface area contributed by atoms with E-state index in [1.807, 2.05) is 11.8 Å². The number of benzene rings is 1. The van der Waals surface area contributed by atoms with E-state index in [1.54, 1.807) is 24.3 Å². The first-order valence-electron chi connectivity index (χ1n) is 6.14. The van der Waals surface area contributed by atoms with E-state index < -0.39 is 5.76 Å². The molecule has 1 aliphatic rings. The minimum atomic E-state index is -2.44. The summed E-state index contributed by atoms with van der Waals surface area (Å²) in [7, 11) is 0. The van der Waals surface area contributed by atoms with Gasteiger partial charge in [-0.3, -0.25) is 4.79 Å². The van der Waals surface area contributed by atoms with E-state index in [2.05, 4.69) is 5.32 Å². The summed E-state index contributed by atoms with van der Waals surface area (Å²) in [6, 6.07) is 6.51. The second-order valence-corrected chi connectivity index (χ2v) is 5.52. The Morgan fingerprint density at radius 3 is 2.68 bits per heavy atom. The minimum absolute atomic E-state index is 0.0393. The van der Waals surface area contributed by atoms with Crippen LogP contribution in [0.4, 0.5) is 8.78 Å². The summed E-state index contributed by atoms with van der Waals surface area (Å²) in [6.07, 6.45) is 0. The van der Waals surface area contributed by atoms with Crippen molar-refractivity contribution in [3.8, 4) is 0 Å². The van der Waals surface area contributed by atoms with Crippen molar-refractivity contribution in [3.05, 3.63) is 29.8 Å².